The maximum absolute atomic E-state index is 12.8. The summed E-state index contributed by atoms with van der Waals surface area (Å²) in [6.07, 6.45) is -2.48. The Morgan fingerprint density at radius 2 is 1.67 bits per heavy atom. The van der Waals surface area contributed by atoms with Gasteiger partial charge in [-0.25, -0.2) is 17.6 Å². The Bertz CT molecular complexity index is 307. The van der Waals surface area contributed by atoms with Gasteiger partial charge in [0.2, 0.25) is 0 Å². The number of benzene rings is 1. The lowest BCUT2D eigenvalue weighted by atomic mass is 10.1. The molecule has 0 heterocycles. The monoisotopic (exact) mass is 221 g/mol. The second kappa shape index (κ2) is 5.11. The number of alkyl halides is 2. The lowest BCUT2D eigenvalue weighted by Crippen LogP contribution is -2.24. The molecule has 1 atom stereocenters. The van der Waals surface area contributed by atoms with Crippen molar-refractivity contribution in [3.8, 4) is 0 Å². The Morgan fingerprint density at radius 1 is 1.13 bits per heavy atom. The van der Waals surface area contributed by atoms with E-state index in [1.54, 1.807) is 6.92 Å². The van der Waals surface area contributed by atoms with Gasteiger partial charge in [0.05, 0.1) is 6.54 Å². The molecular weight excluding hydrogens is 210 g/mol. The minimum atomic E-state index is -2.48. The average Bonchev–Trinajstić information content (AvgIpc) is 2.12. The topological polar surface area (TPSA) is 12.0 Å². The van der Waals surface area contributed by atoms with Crippen molar-refractivity contribution in [2.45, 2.75) is 19.4 Å². The van der Waals surface area contributed by atoms with Crippen LogP contribution in [0.2, 0.25) is 0 Å². The lowest BCUT2D eigenvalue weighted by Gasteiger charge is -2.13. The van der Waals surface area contributed by atoms with Gasteiger partial charge in [0, 0.05) is 12.1 Å². The Balaban J connectivity index is 2.68. The summed E-state index contributed by atoms with van der Waals surface area (Å²) in [5, 5.41) is 2.47. The highest BCUT2D eigenvalue weighted by Crippen LogP contribution is 2.15. The number of halogens is 4. The van der Waals surface area contributed by atoms with Crippen LogP contribution in [0.4, 0.5) is 17.6 Å². The van der Waals surface area contributed by atoms with Crippen molar-refractivity contribution in [3.05, 3.63) is 35.4 Å². The Hall–Kier alpha value is -1.10. The molecule has 0 aliphatic carbocycles. The zero-order valence-corrected chi connectivity index (χ0v) is 8.11. The summed E-state index contributed by atoms with van der Waals surface area (Å²) in [7, 11) is 0. The second-order valence-corrected chi connectivity index (χ2v) is 3.22. The third kappa shape index (κ3) is 3.87. The number of rotatable bonds is 4. The van der Waals surface area contributed by atoms with Gasteiger partial charge in [0.15, 0.2) is 0 Å². The molecule has 84 valence electrons. The minimum Gasteiger partial charge on any atom is -0.305 e. The Labute approximate surface area is 85.1 Å². The highest BCUT2D eigenvalue weighted by atomic mass is 19.3. The zero-order chi connectivity index (χ0) is 11.4. The second-order valence-electron chi connectivity index (χ2n) is 3.22. The summed E-state index contributed by atoms with van der Waals surface area (Å²) in [4.78, 5) is 0. The summed E-state index contributed by atoms with van der Waals surface area (Å²) in [5.74, 6) is -1.42. The fourth-order valence-electron chi connectivity index (χ4n) is 1.21. The molecule has 0 aliphatic rings. The van der Waals surface area contributed by atoms with Gasteiger partial charge in [0.1, 0.15) is 11.6 Å². The minimum absolute atomic E-state index is 0.313. The van der Waals surface area contributed by atoms with Crippen molar-refractivity contribution < 1.29 is 17.6 Å². The molecule has 0 radical (unpaired) electrons. The van der Waals surface area contributed by atoms with Crippen molar-refractivity contribution in [1.29, 1.82) is 0 Å². The van der Waals surface area contributed by atoms with Crippen molar-refractivity contribution in [1.82, 2.24) is 5.32 Å². The molecule has 0 aliphatic heterocycles. The molecule has 1 rings (SSSR count). The number of hydrogen-bond acceptors (Lipinski definition) is 1. The van der Waals surface area contributed by atoms with Crippen LogP contribution < -0.4 is 5.32 Å². The normalized spacial score (nSPS) is 13.2. The summed E-state index contributed by atoms with van der Waals surface area (Å²) < 4.78 is 49.3. The van der Waals surface area contributed by atoms with E-state index >= 15 is 0 Å². The molecule has 1 N–H and O–H groups in total. The van der Waals surface area contributed by atoms with E-state index in [1.807, 2.05) is 0 Å². The molecule has 5 heteroatoms. The van der Waals surface area contributed by atoms with E-state index in [1.165, 1.54) is 0 Å². The summed E-state index contributed by atoms with van der Waals surface area (Å²) in [5.41, 5.74) is 0.313. The van der Waals surface area contributed by atoms with Gasteiger partial charge < -0.3 is 5.32 Å². The SMILES string of the molecule is CC(NCC(F)F)c1cc(F)cc(F)c1. The van der Waals surface area contributed by atoms with Crippen molar-refractivity contribution in [2.75, 3.05) is 6.54 Å². The van der Waals surface area contributed by atoms with E-state index in [0.29, 0.717) is 5.56 Å². The highest BCUT2D eigenvalue weighted by Gasteiger charge is 2.10. The first-order valence-electron chi connectivity index (χ1n) is 4.46. The summed E-state index contributed by atoms with van der Waals surface area (Å²) in [6.45, 7) is 1.07. The third-order valence-corrected chi connectivity index (χ3v) is 1.96. The molecule has 15 heavy (non-hydrogen) atoms. The van der Waals surface area contributed by atoms with Crippen molar-refractivity contribution in [2.24, 2.45) is 0 Å². The van der Waals surface area contributed by atoms with E-state index in [0.717, 1.165) is 18.2 Å². The Morgan fingerprint density at radius 3 is 2.13 bits per heavy atom. The first-order chi connectivity index (χ1) is 6.99. The van der Waals surface area contributed by atoms with Crippen LogP contribution in [0.5, 0.6) is 0 Å². The maximum Gasteiger partial charge on any atom is 0.250 e. The molecule has 1 aromatic carbocycles. The first-order valence-corrected chi connectivity index (χ1v) is 4.46. The first kappa shape index (κ1) is 12.0. The van der Waals surface area contributed by atoms with E-state index < -0.39 is 30.6 Å². The highest BCUT2D eigenvalue weighted by molar-refractivity contribution is 5.20. The van der Waals surface area contributed by atoms with Crippen LogP contribution in [0, 0.1) is 11.6 Å². The predicted octanol–water partition coefficient (Wildman–Crippen LogP) is 2.88. The van der Waals surface area contributed by atoms with Gasteiger partial charge in [0.25, 0.3) is 6.43 Å². The molecule has 1 nitrogen and oxygen atoms in total. The van der Waals surface area contributed by atoms with E-state index in [9.17, 15) is 17.6 Å². The molecule has 1 unspecified atom stereocenters. The van der Waals surface area contributed by atoms with Crippen LogP contribution >= 0.6 is 0 Å². The van der Waals surface area contributed by atoms with Gasteiger partial charge in [-0.05, 0) is 24.6 Å². The molecular formula is C10H11F4N. The van der Waals surface area contributed by atoms with Crippen LogP contribution in [0.25, 0.3) is 0 Å². The third-order valence-electron chi connectivity index (χ3n) is 1.96. The van der Waals surface area contributed by atoms with Crippen LogP contribution in [-0.4, -0.2) is 13.0 Å². The van der Waals surface area contributed by atoms with Gasteiger partial charge in [-0.1, -0.05) is 0 Å². The molecule has 0 aromatic heterocycles. The van der Waals surface area contributed by atoms with E-state index in [2.05, 4.69) is 5.32 Å². The smallest absolute Gasteiger partial charge is 0.250 e. The lowest BCUT2D eigenvalue weighted by molar-refractivity contribution is 0.142. The van der Waals surface area contributed by atoms with Gasteiger partial charge >= 0.3 is 0 Å². The fraction of sp³-hybridized carbons (Fsp3) is 0.400. The summed E-state index contributed by atoms with van der Waals surface area (Å²) >= 11 is 0. The largest absolute Gasteiger partial charge is 0.305 e. The molecule has 1 aromatic rings. The standard InChI is InChI=1S/C10H11F4N/c1-6(15-5-10(13)14)7-2-8(11)4-9(12)3-7/h2-4,6,10,15H,5H2,1H3. The molecule has 0 spiro atoms. The average molecular weight is 221 g/mol. The molecule has 0 fully saturated rings. The van der Waals surface area contributed by atoms with E-state index in [-0.39, 0.29) is 0 Å². The molecule has 0 amide bonds. The number of hydrogen-bond donors (Lipinski definition) is 1. The fourth-order valence-corrected chi connectivity index (χ4v) is 1.21. The predicted molar refractivity (Wildman–Crippen MR) is 48.8 cm³/mol. The van der Waals surface area contributed by atoms with Crippen LogP contribution in [0.1, 0.15) is 18.5 Å². The van der Waals surface area contributed by atoms with Crippen molar-refractivity contribution in [3.63, 3.8) is 0 Å². The zero-order valence-electron chi connectivity index (χ0n) is 8.11. The molecule has 0 saturated carbocycles. The molecule has 0 saturated heterocycles. The van der Waals surface area contributed by atoms with Crippen LogP contribution in [0.15, 0.2) is 18.2 Å². The Kier molecular flexibility index (Phi) is 4.08. The maximum atomic E-state index is 12.8. The summed E-state index contributed by atoms with van der Waals surface area (Å²) in [6, 6.07) is 2.46. The van der Waals surface area contributed by atoms with Gasteiger partial charge in [-0.3, -0.25) is 0 Å². The van der Waals surface area contributed by atoms with Crippen LogP contribution in [-0.2, 0) is 0 Å². The van der Waals surface area contributed by atoms with Crippen LogP contribution in [0.3, 0.4) is 0 Å². The molecule has 0 bridgehead atoms. The van der Waals surface area contributed by atoms with E-state index in [4.69, 9.17) is 0 Å². The van der Waals surface area contributed by atoms with Gasteiger partial charge in [-0.2, -0.15) is 0 Å². The number of nitrogens with one attached hydrogen (secondary N) is 1. The van der Waals surface area contributed by atoms with Gasteiger partial charge in [-0.15, -0.1) is 0 Å². The quantitative estimate of drug-likeness (QED) is 0.771. The van der Waals surface area contributed by atoms with Crippen molar-refractivity contribution >= 4 is 0 Å².